The molecule has 1 fully saturated rings. The van der Waals surface area contributed by atoms with Gasteiger partial charge in [-0.15, -0.1) is 0 Å². The van der Waals surface area contributed by atoms with Crippen molar-refractivity contribution in [3.63, 3.8) is 0 Å². The van der Waals surface area contributed by atoms with E-state index in [1.165, 1.54) is 12.1 Å². The first-order valence-corrected chi connectivity index (χ1v) is 8.42. The maximum Gasteiger partial charge on any atom is 0.374 e. The van der Waals surface area contributed by atoms with Crippen molar-refractivity contribution in [2.24, 2.45) is 5.92 Å². The Morgan fingerprint density at radius 1 is 1.52 bits per heavy atom. The summed E-state index contributed by atoms with van der Waals surface area (Å²) in [6.45, 7) is 5.32. The van der Waals surface area contributed by atoms with Gasteiger partial charge < -0.3 is 14.5 Å². The van der Waals surface area contributed by atoms with Crippen molar-refractivity contribution in [2.75, 3.05) is 19.7 Å². The van der Waals surface area contributed by atoms with E-state index in [0.717, 1.165) is 13.0 Å². The van der Waals surface area contributed by atoms with Gasteiger partial charge in [-0.25, -0.2) is 17.9 Å². The molecule has 0 aromatic carbocycles. The fraction of sp³-hybridized carbons (Fsp3) is 0.615. The highest BCUT2D eigenvalue weighted by Crippen LogP contribution is 2.18. The van der Waals surface area contributed by atoms with E-state index >= 15 is 0 Å². The van der Waals surface area contributed by atoms with Crippen molar-refractivity contribution in [3.8, 4) is 0 Å². The molecule has 0 radical (unpaired) electrons. The summed E-state index contributed by atoms with van der Waals surface area (Å²) in [6.07, 6.45) is 0.902. The van der Waals surface area contributed by atoms with E-state index in [2.05, 4.69) is 10.0 Å². The third-order valence-electron chi connectivity index (χ3n) is 3.46. The van der Waals surface area contributed by atoms with E-state index in [0.29, 0.717) is 6.54 Å². The van der Waals surface area contributed by atoms with Crippen LogP contribution in [0.1, 0.15) is 30.8 Å². The summed E-state index contributed by atoms with van der Waals surface area (Å²) in [5.74, 6) is -0.556. The standard InChI is InChI=1S/C13H20N2O5S/c1-3-19-13(16)11-4-5-12(20-11)21(17,18)15-10-8-14-7-6-9(10)2/h4-5,9-10,14-15H,3,6-8H2,1-2H3. The highest BCUT2D eigenvalue weighted by atomic mass is 32.2. The minimum Gasteiger partial charge on any atom is -0.460 e. The molecule has 0 bridgehead atoms. The molecule has 1 aromatic rings. The van der Waals surface area contributed by atoms with Gasteiger partial charge in [-0.2, -0.15) is 0 Å². The fourth-order valence-corrected chi connectivity index (χ4v) is 3.46. The Bertz CT molecular complexity index is 595. The van der Waals surface area contributed by atoms with Gasteiger partial charge in [0.05, 0.1) is 6.61 Å². The van der Waals surface area contributed by atoms with Crippen LogP contribution in [0, 0.1) is 5.92 Å². The van der Waals surface area contributed by atoms with Crippen molar-refractivity contribution >= 4 is 16.0 Å². The lowest BCUT2D eigenvalue weighted by Crippen LogP contribution is -2.50. The highest BCUT2D eigenvalue weighted by molar-refractivity contribution is 7.89. The van der Waals surface area contributed by atoms with Crippen LogP contribution in [0.2, 0.25) is 0 Å². The Kier molecular flexibility index (Phi) is 5.02. The Hall–Kier alpha value is -1.38. The van der Waals surface area contributed by atoms with Crippen LogP contribution in [0.15, 0.2) is 21.6 Å². The predicted octanol–water partition coefficient (Wildman–Crippen LogP) is 0.733. The number of carbonyl (C=O) groups excluding carboxylic acids is 1. The second-order valence-electron chi connectivity index (χ2n) is 5.04. The van der Waals surface area contributed by atoms with Crippen molar-refractivity contribution < 1.29 is 22.4 Å². The maximum atomic E-state index is 12.3. The van der Waals surface area contributed by atoms with E-state index in [4.69, 9.17) is 9.15 Å². The summed E-state index contributed by atoms with van der Waals surface area (Å²) in [5.41, 5.74) is 0. The number of hydrogen-bond donors (Lipinski definition) is 2. The molecule has 2 heterocycles. The number of furan rings is 1. The highest BCUT2D eigenvalue weighted by Gasteiger charge is 2.29. The summed E-state index contributed by atoms with van der Waals surface area (Å²) >= 11 is 0. The van der Waals surface area contributed by atoms with Crippen LogP contribution in [0.3, 0.4) is 0 Å². The van der Waals surface area contributed by atoms with Crippen molar-refractivity contribution in [3.05, 3.63) is 17.9 Å². The van der Waals surface area contributed by atoms with E-state index in [-0.39, 0.29) is 29.4 Å². The van der Waals surface area contributed by atoms with Gasteiger partial charge in [0.2, 0.25) is 10.9 Å². The van der Waals surface area contributed by atoms with Crippen LogP contribution in [-0.4, -0.2) is 40.1 Å². The molecule has 8 heteroatoms. The van der Waals surface area contributed by atoms with Crippen LogP contribution >= 0.6 is 0 Å². The van der Waals surface area contributed by atoms with Gasteiger partial charge in [-0.05, 0) is 37.9 Å². The Balaban J connectivity index is 2.10. The number of esters is 1. The largest absolute Gasteiger partial charge is 0.460 e. The maximum absolute atomic E-state index is 12.3. The molecule has 0 aliphatic carbocycles. The molecule has 7 nitrogen and oxygen atoms in total. The SMILES string of the molecule is CCOC(=O)c1ccc(S(=O)(=O)NC2CNCCC2C)o1. The van der Waals surface area contributed by atoms with Crippen molar-refractivity contribution in [2.45, 2.75) is 31.4 Å². The molecular formula is C13H20N2O5S. The number of carbonyl (C=O) groups is 1. The summed E-state index contributed by atoms with van der Waals surface area (Å²) in [6, 6.07) is 2.37. The molecular weight excluding hydrogens is 296 g/mol. The van der Waals surface area contributed by atoms with Gasteiger partial charge >= 0.3 is 5.97 Å². The lowest BCUT2D eigenvalue weighted by Gasteiger charge is -2.29. The molecule has 2 unspecified atom stereocenters. The van der Waals surface area contributed by atoms with Crippen LogP contribution < -0.4 is 10.0 Å². The topological polar surface area (TPSA) is 97.6 Å². The van der Waals surface area contributed by atoms with E-state index < -0.39 is 16.0 Å². The van der Waals surface area contributed by atoms with Crippen molar-refractivity contribution in [1.29, 1.82) is 0 Å². The molecule has 1 saturated heterocycles. The van der Waals surface area contributed by atoms with Gasteiger partial charge in [-0.1, -0.05) is 6.92 Å². The number of rotatable bonds is 5. The second-order valence-corrected chi connectivity index (χ2v) is 6.68. The second kappa shape index (κ2) is 6.59. The first-order chi connectivity index (χ1) is 9.94. The molecule has 0 amide bonds. The zero-order chi connectivity index (χ0) is 15.5. The van der Waals surface area contributed by atoms with Crippen molar-refractivity contribution in [1.82, 2.24) is 10.0 Å². The number of piperidine rings is 1. The average molecular weight is 316 g/mol. The minimum atomic E-state index is -3.78. The lowest BCUT2D eigenvalue weighted by molar-refractivity contribution is 0.0484. The van der Waals surface area contributed by atoms with Gasteiger partial charge in [0.25, 0.3) is 10.0 Å². The quantitative estimate of drug-likeness (QED) is 0.777. The number of ether oxygens (including phenoxy) is 1. The third-order valence-corrected chi connectivity index (χ3v) is 4.82. The van der Waals surface area contributed by atoms with E-state index in [1.807, 2.05) is 6.92 Å². The van der Waals surface area contributed by atoms with Crippen LogP contribution in [0.25, 0.3) is 0 Å². The van der Waals surface area contributed by atoms with E-state index in [9.17, 15) is 13.2 Å². The zero-order valence-electron chi connectivity index (χ0n) is 12.1. The summed E-state index contributed by atoms with van der Waals surface area (Å²) in [4.78, 5) is 11.5. The summed E-state index contributed by atoms with van der Waals surface area (Å²) in [7, 11) is -3.78. The predicted molar refractivity (Wildman–Crippen MR) is 75.4 cm³/mol. The molecule has 21 heavy (non-hydrogen) atoms. The van der Waals surface area contributed by atoms with E-state index in [1.54, 1.807) is 6.92 Å². The molecule has 0 spiro atoms. The van der Waals surface area contributed by atoms with Crippen LogP contribution in [0.4, 0.5) is 0 Å². The minimum absolute atomic E-state index is 0.118. The smallest absolute Gasteiger partial charge is 0.374 e. The molecule has 2 atom stereocenters. The van der Waals surface area contributed by atoms with Gasteiger partial charge in [0.15, 0.2) is 0 Å². The average Bonchev–Trinajstić information content (AvgIpc) is 2.92. The Morgan fingerprint density at radius 3 is 2.95 bits per heavy atom. The number of hydrogen-bond acceptors (Lipinski definition) is 6. The van der Waals surface area contributed by atoms with Gasteiger partial charge in [0, 0.05) is 12.6 Å². The molecule has 2 N–H and O–H groups in total. The third kappa shape index (κ3) is 3.84. The monoisotopic (exact) mass is 316 g/mol. The number of nitrogens with one attached hydrogen (secondary N) is 2. The first kappa shape index (κ1) is 16.0. The molecule has 1 aromatic heterocycles. The van der Waals surface area contributed by atoms with Crippen LogP contribution in [0.5, 0.6) is 0 Å². The molecule has 1 aliphatic heterocycles. The lowest BCUT2D eigenvalue weighted by atomic mass is 9.96. The molecule has 118 valence electrons. The zero-order valence-corrected chi connectivity index (χ0v) is 12.9. The van der Waals surface area contributed by atoms with Crippen LogP contribution in [-0.2, 0) is 14.8 Å². The van der Waals surface area contributed by atoms with Gasteiger partial charge in [-0.3, -0.25) is 0 Å². The fourth-order valence-electron chi connectivity index (χ4n) is 2.18. The number of sulfonamides is 1. The first-order valence-electron chi connectivity index (χ1n) is 6.94. The summed E-state index contributed by atoms with van der Waals surface area (Å²) in [5, 5.41) is 2.87. The normalized spacial score (nSPS) is 23.0. The Morgan fingerprint density at radius 2 is 2.29 bits per heavy atom. The Labute approximate surface area is 124 Å². The van der Waals surface area contributed by atoms with Gasteiger partial charge in [0.1, 0.15) is 0 Å². The molecule has 1 aliphatic rings. The summed E-state index contributed by atoms with van der Waals surface area (Å²) < 4.78 is 37.0. The molecule has 0 saturated carbocycles. The molecule has 2 rings (SSSR count).